The minimum Gasteiger partial charge on any atom is -0.496 e. The molecule has 1 aromatic heterocycles. The van der Waals surface area contributed by atoms with E-state index in [-0.39, 0.29) is 0 Å². The highest BCUT2D eigenvalue weighted by Crippen LogP contribution is 2.23. The first kappa shape index (κ1) is 13.9. The average molecular weight is 289 g/mol. The van der Waals surface area contributed by atoms with Crippen LogP contribution in [0.1, 0.15) is 11.1 Å². The molecule has 22 heavy (non-hydrogen) atoms. The van der Waals surface area contributed by atoms with Gasteiger partial charge < -0.3 is 9.30 Å². The Bertz CT molecular complexity index is 813. The maximum atomic E-state index is 8.88. The summed E-state index contributed by atoms with van der Waals surface area (Å²) in [6.45, 7) is 0.680. The van der Waals surface area contributed by atoms with Crippen LogP contribution in [-0.2, 0) is 6.54 Å². The molecule has 1 heterocycles. The standard InChI is InChI=1S/C18H15N3O/c1-22-17-5-3-2-4-16(17)13-21-11-10-20-18(21)15-8-6-14(12-19)7-9-15/h2-11H,13H2,1H3. The Morgan fingerprint density at radius 3 is 2.64 bits per heavy atom. The third-order valence-corrected chi connectivity index (χ3v) is 3.52. The van der Waals surface area contributed by atoms with Gasteiger partial charge in [-0.15, -0.1) is 0 Å². The third kappa shape index (κ3) is 2.70. The van der Waals surface area contributed by atoms with Gasteiger partial charge in [-0.05, 0) is 30.3 Å². The van der Waals surface area contributed by atoms with E-state index in [2.05, 4.69) is 15.6 Å². The molecule has 4 nitrogen and oxygen atoms in total. The maximum absolute atomic E-state index is 8.88. The van der Waals surface area contributed by atoms with Crippen LogP contribution in [0.4, 0.5) is 0 Å². The number of nitriles is 1. The van der Waals surface area contributed by atoms with E-state index in [4.69, 9.17) is 10.00 Å². The zero-order valence-corrected chi connectivity index (χ0v) is 12.2. The van der Waals surface area contributed by atoms with E-state index in [0.717, 1.165) is 22.7 Å². The van der Waals surface area contributed by atoms with Gasteiger partial charge in [0.05, 0.1) is 25.3 Å². The van der Waals surface area contributed by atoms with Crippen molar-refractivity contribution in [3.8, 4) is 23.2 Å². The van der Waals surface area contributed by atoms with Crippen molar-refractivity contribution >= 4 is 0 Å². The minimum absolute atomic E-state index is 0.645. The van der Waals surface area contributed by atoms with E-state index in [1.165, 1.54) is 0 Å². The van der Waals surface area contributed by atoms with Gasteiger partial charge in [-0.1, -0.05) is 18.2 Å². The largest absolute Gasteiger partial charge is 0.496 e. The minimum atomic E-state index is 0.645. The first-order chi connectivity index (χ1) is 10.8. The van der Waals surface area contributed by atoms with E-state index in [0.29, 0.717) is 12.1 Å². The molecule has 108 valence electrons. The lowest BCUT2D eigenvalue weighted by Gasteiger charge is -2.11. The van der Waals surface area contributed by atoms with Crippen molar-refractivity contribution in [2.24, 2.45) is 0 Å². The first-order valence-electron chi connectivity index (χ1n) is 6.95. The number of hydrogen-bond acceptors (Lipinski definition) is 3. The van der Waals surface area contributed by atoms with Crippen LogP contribution in [0.25, 0.3) is 11.4 Å². The summed E-state index contributed by atoms with van der Waals surface area (Å²) in [5, 5.41) is 8.88. The number of methoxy groups -OCH3 is 1. The van der Waals surface area contributed by atoms with Crippen molar-refractivity contribution in [3.63, 3.8) is 0 Å². The van der Waals surface area contributed by atoms with Crippen LogP contribution in [0.2, 0.25) is 0 Å². The Labute approximate surface area is 129 Å². The number of benzene rings is 2. The number of hydrogen-bond donors (Lipinski definition) is 0. The highest BCUT2D eigenvalue weighted by Gasteiger charge is 2.09. The molecule has 0 aliphatic rings. The fraction of sp³-hybridized carbons (Fsp3) is 0.111. The van der Waals surface area contributed by atoms with Gasteiger partial charge >= 0.3 is 0 Å². The number of imidazole rings is 1. The normalized spacial score (nSPS) is 10.2. The summed E-state index contributed by atoms with van der Waals surface area (Å²) in [5.41, 5.74) is 2.73. The highest BCUT2D eigenvalue weighted by atomic mass is 16.5. The number of para-hydroxylation sites is 1. The number of rotatable bonds is 4. The van der Waals surface area contributed by atoms with Crippen LogP contribution in [0, 0.1) is 11.3 Å². The smallest absolute Gasteiger partial charge is 0.140 e. The Morgan fingerprint density at radius 1 is 1.14 bits per heavy atom. The molecular weight excluding hydrogens is 274 g/mol. The second-order valence-corrected chi connectivity index (χ2v) is 4.88. The molecule has 0 radical (unpaired) electrons. The fourth-order valence-electron chi connectivity index (χ4n) is 2.41. The molecule has 3 aromatic rings. The summed E-state index contributed by atoms with van der Waals surface area (Å²) < 4.78 is 7.47. The lowest BCUT2D eigenvalue weighted by Crippen LogP contribution is -2.03. The molecule has 0 aliphatic heterocycles. The van der Waals surface area contributed by atoms with Gasteiger partial charge in [-0.25, -0.2) is 4.98 Å². The summed E-state index contributed by atoms with van der Waals surface area (Å²) in [7, 11) is 1.67. The van der Waals surface area contributed by atoms with E-state index in [1.54, 1.807) is 25.4 Å². The van der Waals surface area contributed by atoms with E-state index in [9.17, 15) is 0 Å². The number of aromatic nitrogens is 2. The predicted octanol–water partition coefficient (Wildman–Crippen LogP) is 3.48. The molecule has 4 heteroatoms. The summed E-state index contributed by atoms with van der Waals surface area (Å²) >= 11 is 0. The van der Waals surface area contributed by atoms with Crippen LogP contribution in [0.5, 0.6) is 5.75 Å². The highest BCUT2D eigenvalue weighted by molar-refractivity contribution is 5.57. The molecule has 0 saturated heterocycles. The Balaban J connectivity index is 1.93. The SMILES string of the molecule is COc1ccccc1Cn1ccnc1-c1ccc(C#N)cc1. The average Bonchev–Trinajstić information content (AvgIpc) is 3.03. The van der Waals surface area contributed by atoms with Crippen LogP contribution in [0.15, 0.2) is 60.9 Å². The molecule has 0 unspecified atom stereocenters. The van der Waals surface area contributed by atoms with Crippen molar-refractivity contribution in [2.75, 3.05) is 7.11 Å². The van der Waals surface area contributed by atoms with Crippen molar-refractivity contribution in [1.82, 2.24) is 9.55 Å². The van der Waals surface area contributed by atoms with Gasteiger partial charge in [0.15, 0.2) is 0 Å². The van der Waals surface area contributed by atoms with Gasteiger partial charge in [-0.2, -0.15) is 5.26 Å². The fourth-order valence-corrected chi connectivity index (χ4v) is 2.41. The van der Waals surface area contributed by atoms with E-state index in [1.807, 2.05) is 42.6 Å². The molecule has 3 rings (SSSR count). The molecule has 0 aliphatic carbocycles. The number of ether oxygens (including phenoxy) is 1. The van der Waals surface area contributed by atoms with Crippen LogP contribution < -0.4 is 4.74 Å². The molecule has 0 spiro atoms. The third-order valence-electron chi connectivity index (χ3n) is 3.52. The monoisotopic (exact) mass is 289 g/mol. The molecule has 0 saturated carbocycles. The molecule has 0 bridgehead atoms. The second-order valence-electron chi connectivity index (χ2n) is 4.88. The van der Waals surface area contributed by atoms with E-state index >= 15 is 0 Å². The van der Waals surface area contributed by atoms with Gasteiger partial charge in [0.1, 0.15) is 11.6 Å². The first-order valence-corrected chi connectivity index (χ1v) is 6.95. The summed E-state index contributed by atoms with van der Waals surface area (Å²) in [6.07, 6.45) is 3.73. The van der Waals surface area contributed by atoms with Crippen molar-refractivity contribution < 1.29 is 4.74 Å². The maximum Gasteiger partial charge on any atom is 0.140 e. The molecule has 0 amide bonds. The molecular formula is C18H15N3O. The lowest BCUT2D eigenvalue weighted by molar-refractivity contribution is 0.408. The molecule has 0 N–H and O–H groups in total. The van der Waals surface area contributed by atoms with Crippen molar-refractivity contribution in [3.05, 3.63) is 72.1 Å². The van der Waals surface area contributed by atoms with Gasteiger partial charge in [0, 0.05) is 23.5 Å². The summed E-state index contributed by atoms with van der Waals surface area (Å²) in [5.74, 6) is 1.73. The zero-order chi connectivity index (χ0) is 15.4. The Hall–Kier alpha value is -3.06. The lowest BCUT2D eigenvalue weighted by atomic mass is 10.1. The summed E-state index contributed by atoms with van der Waals surface area (Å²) in [6, 6.07) is 17.5. The van der Waals surface area contributed by atoms with E-state index < -0.39 is 0 Å². The van der Waals surface area contributed by atoms with Crippen molar-refractivity contribution in [2.45, 2.75) is 6.54 Å². The topological polar surface area (TPSA) is 50.8 Å². The molecule has 2 aromatic carbocycles. The van der Waals surface area contributed by atoms with Gasteiger partial charge in [0.25, 0.3) is 0 Å². The van der Waals surface area contributed by atoms with Gasteiger partial charge in [0.2, 0.25) is 0 Å². The van der Waals surface area contributed by atoms with Crippen molar-refractivity contribution in [1.29, 1.82) is 5.26 Å². The molecule has 0 atom stereocenters. The predicted molar refractivity (Wildman–Crippen MR) is 84.5 cm³/mol. The zero-order valence-electron chi connectivity index (χ0n) is 12.2. The second kappa shape index (κ2) is 6.15. The van der Waals surface area contributed by atoms with Crippen LogP contribution in [0.3, 0.4) is 0 Å². The number of nitrogens with zero attached hydrogens (tertiary/aromatic N) is 3. The molecule has 0 fully saturated rings. The van der Waals surface area contributed by atoms with Crippen LogP contribution >= 0.6 is 0 Å². The Morgan fingerprint density at radius 2 is 1.91 bits per heavy atom. The van der Waals surface area contributed by atoms with Crippen LogP contribution in [-0.4, -0.2) is 16.7 Å². The van der Waals surface area contributed by atoms with Gasteiger partial charge in [-0.3, -0.25) is 0 Å². The quantitative estimate of drug-likeness (QED) is 0.739. The summed E-state index contributed by atoms with van der Waals surface area (Å²) in [4.78, 5) is 4.43. The Kier molecular flexibility index (Phi) is 3.88.